The predicted octanol–water partition coefficient (Wildman–Crippen LogP) is 2.75. The van der Waals surface area contributed by atoms with Crippen LogP contribution in [-0.2, 0) is 9.59 Å². The van der Waals surface area contributed by atoms with Crippen LogP contribution < -0.4 is 14.8 Å². The van der Waals surface area contributed by atoms with E-state index >= 15 is 0 Å². The standard InChI is InChI=1S/C16H19ClN2O4S/c1-16-5-4-14(20)19(16)11(8-24-16)15(21)18-10-7-12(22-2)9(17)6-13(10)23-3/h6-7,11H,4-5,8H2,1-3H3,(H,18,21)/t11-,16+/m0/s1. The topological polar surface area (TPSA) is 67.9 Å². The molecule has 1 aromatic carbocycles. The lowest BCUT2D eigenvalue weighted by Crippen LogP contribution is -2.48. The molecule has 0 unspecified atom stereocenters. The third-order valence-corrected chi connectivity index (χ3v) is 6.28. The summed E-state index contributed by atoms with van der Waals surface area (Å²) in [5.74, 6) is 1.26. The summed E-state index contributed by atoms with van der Waals surface area (Å²) in [6.07, 6.45) is 1.27. The Balaban J connectivity index is 1.84. The van der Waals surface area contributed by atoms with Gasteiger partial charge in [0.15, 0.2) is 0 Å². The summed E-state index contributed by atoms with van der Waals surface area (Å²) in [7, 11) is 3.00. The number of thioether (sulfide) groups is 1. The number of anilines is 1. The second kappa shape index (κ2) is 6.37. The number of halogens is 1. The Kier molecular flexibility index (Phi) is 4.57. The number of hydrogen-bond acceptors (Lipinski definition) is 5. The lowest BCUT2D eigenvalue weighted by molar-refractivity contribution is -0.135. The molecule has 0 bridgehead atoms. The van der Waals surface area contributed by atoms with E-state index in [0.717, 1.165) is 6.42 Å². The van der Waals surface area contributed by atoms with Gasteiger partial charge in [-0.25, -0.2) is 0 Å². The molecule has 2 fully saturated rings. The second-order valence-electron chi connectivity index (χ2n) is 5.94. The van der Waals surface area contributed by atoms with Crippen molar-refractivity contribution in [3.05, 3.63) is 17.2 Å². The summed E-state index contributed by atoms with van der Waals surface area (Å²) in [6, 6.07) is 2.72. The van der Waals surface area contributed by atoms with Crippen molar-refractivity contribution in [2.75, 3.05) is 25.3 Å². The van der Waals surface area contributed by atoms with Crippen LogP contribution in [0.2, 0.25) is 5.02 Å². The van der Waals surface area contributed by atoms with Crippen LogP contribution in [-0.4, -0.2) is 47.6 Å². The van der Waals surface area contributed by atoms with E-state index in [1.54, 1.807) is 28.8 Å². The zero-order chi connectivity index (χ0) is 17.5. The first-order chi connectivity index (χ1) is 11.4. The number of methoxy groups -OCH3 is 2. The number of nitrogens with zero attached hydrogens (tertiary/aromatic N) is 1. The first kappa shape index (κ1) is 17.2. The quantitative estimate of drug-likeness (QED) is 0.882. The van der Waals surface area contributed by atoms with Crippen LogP contribution in [0.1, 0.15) is 19.8 Å². The van der Waals surface area contributed by atoms with E-state index in [9.17, 15) is 9.59 Å². The normalized spacial score (nSPS) is 25.6. The zero-order valence-corrected chi connectivity index (χ0v) is 15.3. The van der Waals surface area contributed by atoms with Gasteiger partial charge in [0, 0.05) is 24.3 Å². The molecule has 0 aromatic heterocycles. The zero-order valence-electron chi connectivity index (χ0n) is 13.7. The number of amides is 2. The van der Waals surface area contributed by atoms with Gasteiger partial charge in [-0.2, -0.15) is 0 Å². The van der Waals surface area contributed by atoms with Crippen LogP contribution in [0, 0.1) is 0 Å². The van der Waals surface area contributed by atoms with Crippen molar-refractivity contribution in [3.63, 3.8) is 0 Å². The molecule has 2 saturated heterocycles. The van der Waals surface area contributed by atoms with Crippen molar-refractivity contribution in [2.24, 2.45) is 0 Å². The Morgan fingerprint density at radius 2 is 2.08 bits per heavy atom. The maximum absolute atomic E-state index is 12.8. The van der Waals surface area contributed by atoms with Gasteiger partial charge in [-0.3, -0.25) is 9.59 Å². The SMILES string of the molecule is COc1cc(NC(=O)[C@@H]2CS[C@]3(C)CCC(=O)N23)c(OC)cc1Cl. The van der Waals surface area contributed by atoms with Gasteiger partial charge in [0.2, 0.25) is 11.8 Å². The van der Waals surface area contributed by atoms with E-state index in [1.807, 2.05) is 6.92 Å². The molecule has 8 heteroatoms. The van der Waals surface area contributed by atoms with E-state index in [0.29, 0.717) is 34.4 Å². The van der Waals surface area contributed by atoms with E-state index in [2.05, 4.69) is 5.32 Å². The Hall–Kier alpha value is -1.60. The molecule has 2 atom stereocenters. The molecule has 1 aromatic rings. The van der Waals surface area contributed by atoms with E-state index in [-0.39, 0.29) is 16.7 Å². The van der Waals surface area contributed by atoms with Crippen LogP contribution in [0.5, 0.6) is 11.5 Å². The Bertz CT molecular complexity index is 699. The molecule has 0 spiro atoms. The number of fused-ring (bicyclic) bond motifs is 1. The summed E-state index contributed by atoms with van der Waals surface area (Å²) in [5.41, 5.74) is 0.467. The fourth-order valence-electron chi connectivity index (χ4n) is 3.19. The maximum Gasteiger partial charge on any atom is 0.248 e. The predicted molar refractivity (Wildman–Crippen MR) is 93.9 cm³/mol. The van der Waals surface area contributed by atoms with Crippen LogP contribution in [0.4, 0.5) is 5.69 Å². The van der Waals surface area contributed by atoms with Gasteiger partial charge >= 0.3 is 0 Å². The second-order valence-corrected chi connectivity index (χ2v) is 7.85. The van der Waals surface area contributed by atoms with Crippen LogP contribution in [0.25, 0.3) is 0 Å². The van der Waals surface area contributed by atoms with Gasteiger partial charge in [0.05, 0.1) is 29.8 Å². The lowest BCUT2D eigenvalue weighted by Gasteiger charge is -2.30. The van der Waals surface area contributed by atoms with E-state index in [1.165, 1.54) is 14.2 Å². The average Bonchev–Trinajstić information content (AvgIpc) is 3.05. The van der Waals surface area contributed by atoms with Crippen LogP contribution >= 0.6 is 23.4 Å². The number of hydrogen-bond donors (Lipinski definition) is 1. The third kappa shape index (κ3) is 2.80. The number of rotatable bonds is 4. The highest BCUT2D eigenvalue weighted by Gasteiger charge is 2.52. The van der Waals surface area contributed by atoms with E-state index in [4.69, 9.17) is 21.1 Å². The highest BCUT2D eigenvalue weighted by atomic mass is 35.5. The van der Waals surface area contributed by atoms with Gasteiger partial charge in [-0.15, -0.1) is 11.8 Å². The molecule has 0 aliphatic carbocycles. The highest BCUT2D eigenvalue weighted by molar-refractivity contribution is 8.01. The number of carbonyl (C=O) groups excluding carboxylic acids is 2. The first-order valence-electron chi connectivity index (χ1n) is 7.58. The molecular weight excluding hydrogens is 352 g/mol. The number of nitrogens with one attached hydrogen (secondary N) is 1. The summed E-state index contributed by atoms with van der Waals surface area (Å²) < 4.78 is 10.5. The molecule has 0 radical (unpaired) electrons. The maximum atomic E-state index is 12.8. The summed E-state index contributed by atoms with van der Waals surface area (Å²) in [4.78, 5) is 26.4. The first-order valence-corrected chi connectivity index (χ1v) is 8.94. The largest absolute Gasteiger partial charge is 0.495 e. The Morgan fingerprint density at radius 1 is 1.38 bits per heavy atom. The molecule has 6 nitrogen and oxygen atoms in total. The molecule has 1 N–H and O–H groups in total. The average molecular weight is 371 g/mol. The molecule has 130 valence electrons. The van der Waals surface area contributed by atoms with E-state index < -0.39 is 6.04 Å². The summed E-state index contributed by atoms with van der Waals surface area (Å²) in [6.45, 7) is 2.02. The van der Waals surface area contributed by atoms with Crippen molar-refractivity contribution in [1.82, 2.24) is 4.90 Å². The molecule has 2 heterocycles. The van der Waals surface area contributed by atoms with Crippen molar-refractivity contribution in [2.45, 2.75) is 30.7 Å². The van der Waals surface area contributed by atoms with Gasteiger partial charge in [0.1, 0.15) is 17.5 Å². The molecule has 2 aliphatic rings. The smallest absolute Gasteiger partial charge is 0.248 e. The Labute approximate surface area is 149 Å². The molecular formula is C16H19ClN2O4S. The van der Waals surface area contributed by atoms with Gasteiger partial charge in [0.25, 0.3) is 0 Å². The molecule has 3 rings (SSSR count). The summed E-state index contributed by atoms with van der Waals surface area (Å²) >= 11 is 7.73. The van der Waals surface area contributed by atoms with Gasteiger partial charge in [-0.1, -0.05) is 11.6 Å². The number of ether oxygens (including phenoxy) is 2. The molecule has 24 heavy (non-hydrogen) atoms. The van der Waals surface area contributed by atoms with Gasteiger partial charge < -0.3 is 19.7 Å². The molecule has 2 amide bonds. The van der Waals surface area contributed by atoms with Crippen molar-refractivity contribution in [3.8, 4) is 11.5 Å². The summed E-state index contributed by atoms with van der Waals surface area (Å²) in [5, 5.41) is 3.24. The van der Waals surface area contributed by atoms with Crippen LogP contribution in [0.3, 0.4) is 0 Å². The fourth-order valence-corrected chi connectivity index (χ4v) is 4.85. The Morgan fingerprint density at radius 3 is 2.75 bits per heavy atom. The molecule has 0 saturated carbocycles. The van der Waals surface area contributed by atoms with Crippen LogP contribution in [0.15, 0.2) is 12.1 Å². The minimum atomic E-state index is -0.485. The fraction of sp³-hybridized carbons (Fsp3) is 0.500. The van der Waals surface area contributed by atoms with Crippen molar-refractivity contribution >= 4 is 40.9 Å². The highest BCUT2D eigenvalue weighted by Crippen LogP contribution is 2.47. The lowest BCUT2D eigenvalue weighted by atomic mass is 10.2. The number of benzene rings is 1. The van der Waals surface area contributed by atoms with Crippen molar-refractivity contribution < 1.29 is 19.1 Å². The minimum absolute atomic E-state index is 0.0308. The number of carbonyl (C=O) groups is 2. The minimum Gasteiger partial charge on any atom is -0.495 e. The van der Waals surface area contributed by atoms with Crippen molar-refractivity contribution in [1.29, 1.82) is 0 Å². The van der Waals surface area contributed by atoms with Gasteiger partial charge in [-0.05, 0) is 13.3 Å². The molecule has 2 aliphatic heterocycles. The third-order valence-electron chi connectivity index (χ3n) is 4.48. The monoisotopic (exact) mass is 370 g/mol.